The Morgan fingerprint density at radius 3 is 2.35 bits per heavy atom. The van der Waals surface area contributed by atoms with Gasteiger partial charge >= 0.3 is 6.09 Å². The number of fused-ring (bicyclic) bond motifs is 4. The monoisotopic (exact) mass is 465 g/mol. The van der Waals surface area contributed by atoms with E-state index in [2.05, 4.69) is 34.1 Å². The molecular formula is C28H39N3O3. The van der Waals surface area contributed by atoms with Crippen molar-refractivity contribution in [2.24, 2.45) is 5.92 Å². The van der Waals surface area contributed by atoms with Crippen LogP contribution in [-0.4, -0.2) is 71.1 Å². The highest BCUT2D eigenvalue weighted by Gasteiger charge is 2.48. The Morgan fingerprint density at radius 1 is 1.00 bits per heavy atom. The number of likely N-dealkylation sites (tertiary alicyclic amines) is 1. The molecule has 2 atom stereocenters. The van der Waals surface area contributed by atoms with E-state index in [1.54, 1.807) is 0 Å². The number of hydrogen-bond donors (Lipinski definition) is 0. The SMILES string of the molecule is CCOC(=O)N1C2CCC1CC(N1CCC3(CC1)CN(C(=O)C1CCC1)Cc1ccccc13)C2. The van der Waals surface area contributed by atoms with Crippen LogP contribution in [0.3, 0.4) is 0 Å². The largest absolute Gasteiger partial charge is 0.450 e. The van der Waals surface area contributed by atoms with E-state index in [4.69, 9.17) is 4.74 Å². The number of carbonyl (C=O) groups is 2. The molecule has 34 heavy (non-hydrogen) atoms. The quantitative estimate of drug-likeness (QED) is 0.667. The van der Waals surface area contributed by atoms with Crippen LogP contribution in [0.4, 0.5) is 4.79 Å². The third kappa shape index (κ3) is 3.73. The molecule has 4 fully saturated rings. The van der Waals surface area contributed by atoms with Gasteiger partial charge < -0.3 is 19.4 Å². The van der Waals surface area contributed by atoms with Gasteiger partial charge in [0.2, 0.25) is 5.91 Å². The van der Waals surface area contributed by atoms with E-state index >= 15 is 0 Å². The topological polar surface area (TPSA) is 53.1 Å². The van der Waals surface area contributed by atoms with Gasteiger partial charge in [-0.05, 0) is 82.5 Å². The molecule has 2 unspecified atom stereocenters. The van der Waals surface area contributed by atoms with Gasteiger partial charge in [-0.15, -0.1) is 0 Å². The molecule has 1 aromatic rings. The third-order valence-corrected chi connectivity index (χ3v) is 9.67. The van der Waals surface area contributed by atoms with Crippen LogP contribution in [0.15, 0.2) is 24.3 Å². The number of piperidine rings is 2. The highest BCUT2D eigenvalue weighted by atomic mass is 16.6. The molecule has 6 nitrogen and oxygen atoms in total. The van der Waals surface area contributed by atoms with Gasteiger partial charge in [0, 0.05) is 42.5 Å². The number of ether oxygens (including phenoxy) is 1. The Kier molecular flexibility index (Phi) is 5.83. The average Bonchev–Trinajstić information content (AvgIpc) is 3.08. The van der Waals surface area contributed by atoms with Crippen LogP contribution in [0, 0.1) is 5.92 Å². The maximum Gasteiger partial charge on any atom is 0.410 e. The minimum atomic E-state index is -0.110. The predicted octanol–water partition coefficient (Wildman–Crippen LogP) is 4.31. The lowest BCUT2D eigenvalue weighted by atomic mass is 9.68. The fraction of sp³-hybridized carbons (Fsp3) is 0.714. The Bertz CT molecular complexity index is 923. The molecule has 1 aliphatic carbocycles. The first-order chi connectivity index (χ1) is 16.6. The zero-order valence-corrected chi connectivity index (χ0v) is 20.6. The summed E-state index contributed by atoms with van der Waals surface area (Å²) < 4.78 is 5.35. The lowest BCUT2D eigenvalue weighted by molar-refractivity contribution is -0.141. The Labute approximate surface area is 203 Å². The highest BCUT2D eigenvalue weighted by Crippen LogP contribution is 2.45. The van der Waals surface area contributed by atoms with Gasteiger partial charge in [-0.25, -0.2) is 4.79 Å². The predicted molar refractivity (Wildman–Crippen MR) is 130 cm³/mol. The maximum absolute atomic E-state index is 13.2. The third-order valence-electron chi connectivity index (χ3n) is 9.67. The average molecular weight is 466 g/mol. The standard InChI is InChI=1S/C28H39N3O3/c1-2-34-27(33)31-22-10-11-23(31)17-24(16-22)29-14-12-28(13-15-29)19-30(26(32)20-7-5-8-20)18-21-6-3-4-9-25(21)28/h3-4,6,9,20,22-24H,2,5,7-8,10-19H2,1H3. The zero-order chi connectivity index (χ0) is 23.3. The fourth-order valence-electron chi connectivity index (χ4n) is 7.64. The number of benzene rings is 1. The van der Waals surface area contributed by atoms with Gasteiger partial charge in [-0.2, -0.15) is 0 Å². The van der Waals surface area contributed by atoms with E-state index in [0.717, 1.165) is 77.5 Å². The van der Waals surface area contributed by atoms with Crippen LogP contribution in [-0.2, 0) is 21.5 Å². The van der Waals surface area contributed by atoms with Crippen LogP contribution in [0.2, 0.25) is 0 Å². The van der Waals surface area contributed by atoms with Gasteiger partial charge in [0.1, 0.15) is 0 Å². The molecule has 2 amide bonds. The van der Waals surface area contributed by atoms with Crippen molar-refractivity contribution in [1.82, 2.24) is 14.7 Å². The smallest absolute Gasteiger partial charge is 0.410 e. The molecule has 4 heterocycles. The van der Waals surface area contributed by atoms with Crippen molar-refractivity contribution in [1.29, 1.82) is 0 Å². The molecule has 0 N–H and O–H groups in total. The summed E-state index contributed by atoms with van der Waals surface area (Å²) in [6, 6.07) is 10.1. The number of rotatable bonds is 3. The summed E-state index contributed by atoms with van der Waals surface area (Å²) in [6.07, 6.45) is 9.86. The van der Waals surface area contributed by atoms with Crippen molar-refractivity contribution in [3.63, 3.8) is 0 Å². The van der Waals surface area contributed by atoms with Crippen molar-refractivity contribution < 1.29 is 14.3 Å². The van der Waals surface area contributed by atoms with Gasteiger partial charge in [0.05, 0.1) is 6.61 Å². The normalized spacial score (nSPS) is 30.7. The van der Waals surface area contributed by atoms with Crippen molar-refractivity contribution >= 4 is 12.0 Å². The number of carbonyl (C=O) groups excluding carboxylic acids is 2. The molecule has 3 saturated heterocycles. The summed E-state index contributed by atoms with van der Waals surface area (Å²) in [5, 5.41) is 0. The molecule has 5 aliphatic rings. The first-order valence-corrected chi connectivity index (χ1v) is 13.6. The molecule has 184 valence electrons. The lowest BCUT2D eigenvalue weighted by Crippen LogP contribution is -2.58. The van der Waals surface area contributed by atoms with E-state index in [-0.39, 0.29) is 17.4 Å². The second kappa shape index (κ2) is 8.85. The molecule has 1 spiro atoms. The van der Waals surface area contributed by atoms with E-state index in [0.29, 0.717) is 30.6 Å². The molecular weight excluding hydrogens is 426 g/mol. The first-order valence-electron chi connectivity index (χ1n) is 13.6. The van der Waals surface area contributed by atoms with Crippen molar-refractivity contribution in [3.8, 4) is 0 Å². The molecule has 2 bridgehead atoms. The van der Waals surface area contributed by atoms with Crippen LogP contribution in [0.25, 0.3) is 0 Å². The zero-order valence-electron chi connectivity index (χ0n) is 20.6. The van der Waals surface area contributed by atoms with E-state index in [1.807, 2.05) is 11.8 Å². The molecule has 1 saturated carbocycles. The summed E-state index contributed by atoms with van der Waals surface area (Å²) in [7, 11) is 0. The molecule has 0 aromatic heterocycles. The molecule has 4 aliphatic heterocycles. The number of hydrogen-bond acceptors (Lipinski definition) is 4. The summed E-state index contributed by atoms with van der Waals surface area (Å²) in [6.45, 7) is 6.19. The van der Waals surface area contributed by atoms with E-state index in [1.165, 1.54) is 17.5 Å². The Balaban J connectivity index is 1.15. The fourth-order valence-corrected chi connectivity index (χ4v) is 7.64. The van der Waals surface area contributed by atoms with Crippen LogP contribution in [0.1, 0.15) is 75.8 Å². The van der Waals surface area contributed by atoms with Gasteiger partial charge in [0.15, 0.2) is 0 Å². The van der Waals surface area contributed by atoms with Crippen LogP contribution < -0.4 is 0 Å². The Morgan fingerprint density at radius 2 is 1.71 bits per heavy atom. The molecule has 1 aromatic carbocycles. The summed E-state index contributed by atoms with van der Waals surface area (Å²) in [4.78, 5) is 32.6. The van der Waals surface area contributed by atoms with Crippen LogP contribution in [0.5, 0.6) is 0 Å². The minimum Gasteiger partial charge on any atom is -0.450 e. The van der Waals surface area contributed by atoms with Gasteiger partial charge in [0.25, 0.3) is 0 Å². The first kappa shape index (κ1) is 22.4. The van der Waals surface area contributed by atoms with Gasteiger partial charge in [-0.3, -0.25) is 4.79 Å². The second-order valence-corrected chi connectivity index (χ2v) is 11.4. The lowest BCUT2D eigenvalue weighted by Gasteiger charge is -2.52. The summed E-state index contributed by atoms with van der Waals surface area (Å²) in [5.41, 5.74) is 2.94. The number of nitrogens with zero attached hydrogens (tertiary/aromatic N) is 3. The molecule has 6 rings (SSSR count). The van der Waals surface area contributed by atoms with Crippen LogP contribution >= 0.6 is 0 Å². The van der Waals surface area contributed by atoms with Crippen molar-refractivity contribution in [3.05, 3.63) is 35.4 Å². The highest BCUT2D eigenvalue weighted by molar-refractivity contribution is 5.80. The maximum atomic E-state index is 13.2. The van der Waals surface area contributed by atoms with Gasteiger partial charge in [-0.1, -0.05) is 30.7 Å². The second-order valence-electron chi connectivity index (χ2n) is 11.4. The Hall–Kier alpha value is -2.08. The molecule has 6 heteroatoms. The van der Waals surface area contributed by atoms with Crippen molar-refractivity contribution in [2.75, 3.05) is 26.2 Å². The summed E-state index contributed by atoms with van der Waals surface area (Å²) in [5.74, 6) is 0.660. The van der Waals surface area contributed by atoms with Crippen molar-refractivity contribution in [2.45, 2.75) is 94.8 Å². The number of amides is 2. The molecule has 0 radical (unpaired) electrons. The summed E-state index contributed by atoms with van der Waals surface area (Å²) >= 11 is 0. The minimum absolute atomic E-state index is 0.0926. The van der Waals surface area contributed by atoms with E-state index < -0.39 is 0 Å². The van der Waals surface area contributed by atoms with E-state index in [9.17, 15) is 9.59 Å².